The Morgan fingerprint density at radius 2 is 2.15 bits per heavy atom. The van der Waals surface area contributed by atoms with Crippen LogP contribution in [-0.4, -0.2) is 29.8 Å². The van der Waals surface area contributed by atoms with E-state index in [2.05, 4.69) is 15.5 Å². The van der Waals surface area contributed by atoms with Crippen LogP contribution in [0.5, 0.6) is 0 Å². The van der Waals surface area contributed by atoms with Gasteiger partial charge in [-0.15, -0.1) is 5.10 Å². The zero-order valence-electron chi connectivity index (χ0n) is 10.5. The van der Waals surface area contributed by atoms with Crippen LogP contribution in [-0.2, 0) is 11.2 Å². The Morgan fingerprint density at radius 1 is 1.35 bits per heavy atom. The molecular formula is C12H11F2N3O3. The molecule has 0 aliphatic heterocycles. The Kier molecular flexibility index (Phi) is 4.36. The van der Waals surface area contributed by atoms with Gasteiger partial charge >= 0.3 is 6.01 Å². The molecule has 6 nitrogen and oxygen atoms in total. The van der Waals surface area contributed by atoms with Crippen LogP contribution in [0, 0.1) is 11.6 Å². The summed E-state index contributed by atoms with van der Waals surface area (Å²) < 4.78 is 35.7. The first-order valence-electron chi connectivity index (χ1n) is 5.68. The molecule has 0 unspecified atom stereocenters. The summed E-state index contributed by atoms with van der Waals surface area (Å²) in [5.74, 6) is -2.51. The van der Waals surface area contributed by atoms with Gasteiger partial charge in [-0.3, -0.25) is 10.1 Å². The third-order valence-electron chi connectivity index (χ3n) is 2.39. The number of hydrogen-bond donors (Lipinski definition) is 1. The molecule has 1 heterocycles. The zero-order chi connectivity index (χ0) is 14.5. The van der Waals surface area contributed by atoms with E-state index >= 15 is 0 Å². The molecule has 0 atom stereocenters. The lowest BCUT2D eigenvalue weighted by molar-refractivity contribution is 0.102. The molecule has 8 heteroatoms. The van der Waals surface area contributed by atoms with Gasteiger partial charge in [0.05, 0.1) is 6.61 Å². The molecule has 0 saturated carbocycles. The topological polar surface area (TPSA) is 77.3 Å². The van der Waals surface area contributed by atoms with E-state index in [1.54, 1.807) is 0 Å². The Hall–Kier alpha value is -2.35. The predicted molar refractivity (Wildman–Crippen MR) is 64.2 cm³/mol. The molecule has 0 aliphatic rings. The molecule has 1 N–H and O–H groups in total. The number of carbonyl (C=O) groups is 1. The standard InChI is InChI=1S/C12H11F2N3O3/c1-19-5-4-10-16-17-12(20-10)15-11(18)7-2-3-8(13)9(14)6-7/h2-3,6H,4-5H2,1H3,(H,15,17,18). The van der Waals surface area contributed by atoms with Crippen molar-refractivity contribution in [3.8, 4) is 0 Å². The Labute approximate surface area is 112 Å². The maximum absolute atomic E-state index is 13.0. The number of nitrogens with zero attached hydrogens (tertiary/aromatic N) is 2. The van der Waals surface area contributed by atoms with Crippen LogP contribution in [0.1, 0.15) is 16.2 Å². The van der Waals surface area contributed by atoms with Crippen LogP contribution in [0.4, 0.5) is 14.8 Å². The smallest absolute Gasteiger partial charge is 0.322 e. The number of ether oxygens (including phenoxy) is 1. The third kappa shape index (κ3) is 3.35. The maximum atomic E-state index is 13.0. The van der Waals surface area contributed by atoms with E-state index in [0.717, 1.165) is 18.2 Å². The first-order chi connectivity index (χ1) is 9.60. The summed E-state index contributed by atoms with van der Waals surface area (Å²) >= 11 is 0. The fourth-order valence-electron chi connectivity index (χ4n) is 1.40. The second-order valence-electron chi connectivity index (χ2n) is 3.83. The monoisotopic (exact) mass is 283 g/mol. The molecule has 2 aromatic rings. The summed E-state index contributed by atoms with van der Waals surface area (Å²) in [6.45, 7) is 0.402. The summed E-state index contributed by atoms with van der Waals surface area (Å²) in [6, 6.07) is 2.68. The highest BCUT2D eigenvalue weighted by Crippen LogP contribution is 2.12. The highest BCUT2D eigenvalue weighted by Gasteiger charge is 2.13. The van der Waals surface area contributed by atoms with Crippen molar-refractivity contribution in [1.29, 1.82) is 0 Å². The van der Waals surface area contributed by atoms with Gasteiger partial charge in [0.2, 0.25) is 5.89 Å². The molecule has 0 bridgehead atoms. The minimum absolute atomic E-state index is 0.0551. The van der Waals surface area contributed by atoms with Crippen LogP contribution in [0.15, 0.2) is 22.6 Å². The molecule has 1 amide bonds. The van der Waals surface area contributed by atoms with Gasteiger partial charge in [0.25, 0.3) is 5.91 Å². The highest BCUT2D eigenvalue weighted by molar-refractivity contribution is 6.03. The van der Waals surface area contributed by atoms with Gasteiger partial charge in [0.1, 0.15) is 0 Å². The number of benzene rings is 1. The van der Waals surface area contributed by atoms with Crippen LogP contribution >= 0.6 is 0 Å². The third-order valence-corrected chi connectivity index (χ3v) is 2.39. The number of carbonyl (C=O) groups excluding carboxylic acids is 1. The first-order valence-corrected chi connectivity index (χ1v) is 5.68. The molecule has 1 aromatic heterocycles. The van der Waals surface area contributed by atoms with Crippen molar-refractivity contribution in [2.24, 2.45) is 0 Å². The molecule has 0 saturated heterocycles. The Balaban J connectivity index is 2.03. The minimum Gasteiger partial charge on any atom is -0.408 e. The van der Waals surface area contributed by atoms with E-state index in [9.17, 15) is 13.6 Å². The lowest BCUT2D eigenvalue weighted by Gasteiger charge is -2.01. The predicted octanol–water partition coefficient (Wildman–Crippen LogP) is 1.79. The van der Waals surface area contributed by atoms with Gasteiger partial charge in [-0.05, 0) is 18.2 Å². The number of amides is 1. The molecule has 0 fully saturated rings. The van der Waals surface area contributed by atoms with Crippen LogP contribution < -0.4 is 5.32 Å². The number of aromatic nitrogens is 2. The van der Waals surface area contributed by atoms with Gasteiger partial charge in [0.15, 0.2) is 11.6 Å². The first kappa shape index (κ1) is 14.1. The Morgan fingerprint density at radius 3 is 2.85 bits per heavy atom. The van der Waals surface area contributed by atoms with Crippen LogP contribution in [0.25, 0.3) is 0 Å². The van der Waals surface area contributed by atoms with Gasteiger partial charge in [-0.25, -0.2) is 8.78 Å². The van der Waals surface area contributed by atoms with Gasteiger partial charge in [0, 0.05) is 19.1 Å². The molecule has 0 aliphatic carbocycles. The maximum Gasteiger partial charge on any atom is 0.322 e. The summed E-state index contributed by atoms with van der Waals surface area (Å²) in [7, 11) is 1.53. The number of anilines is 1. The second kappa shape index (κ2) is 6.20. The molecule has 2 rings (SSSR count). The summed E-state index contributed by atoms with van der Waals surface area (Å²) in [5.41, 5.74) is -0.0551. The average molecular weight is 283 g/mol. The SMILES string of the molecule is COCCc1nnc(NC(=O)c2ccc(F)c(F)c2)o1. The van der Waals surface area contributed by atoms with E-state index < -0.39 is 17.5 Å². The average Bonchev–Trinajstić information content (AvgIpc) is 2.87. The van der Waals surface area contributed by atoms with Crippen molar-refractivity contribution in [2.75, 3.05) is 19.0 Å². The normalized spacial score (nSPS) is 10.6. The molecular weight excluding hydrogens is 272 g/mol. The van der Waals surface area contributed by atoms with E-state index in [-0.39, 0.29) is 11.6 Å². The van der Waals surface area contributed by atoms with Gasteiger partial charge < -0.3 is 9.15 Å². The van der Waals surface area contributed by atoms with Crippen molar-refractivity contribution in [1.82, 2.24) is 10.2 Å². The van der Waals surface area contributed by atoms with Crippen molar-refractivity contribution >= 4 is 11.9 Å². The quantitative estimate of drug-likeness (QED) is 0.905. The Bertz CT molecular complexity index is 616. The van der Waals surface area contributed by atoms with Gasteiger partial charge in [-0.1, -0.05) is 5.10 Å². The number of methoxy groups -OCH3 is 1. The highest BCUT2D eigenvalue weighted by atomic mass is 19.2. The lowest BCUT2D eigenvalue weighted by Crippen LogP contribution is -2.12. The fraction of sp³-hybridized carbons (Fsp3) is 0.250. The summed E-state index contributed by atoms with van der Waals surface area (Å²) in [5, 5.41) is 9.58. The molecule has 1 aromatic carbocycles. The molecule has 106 valence electrons. The molecule has 20 heavy (non-hydrogen) atoms. The second-order valence-corrected chi connectivity index (χ2v) is 3.83. The lowest BCUT2D eigenvalue weighted by atomic mass is 10.2. The van der Waals surface area contributed by atoms with Crippen molar-refractivity contribution in [3.63, 3.8) is 0 Å². The summed E-state index contributed by atoms with van der Waals surface area (Å²) in [6.07, 6.45) is 0.407. The molecule has 0 radical (unpaired) electrons. The number of halogens is 2. The fourth-order valence-corrected chi connectivity index (χ4v) is 1.40. The number of nitrogens with one attached hydrogen (secondary N) is 1. The van der Waals surface area contributed by atoms with Crippen LogP contribution in [0.3, 0.4) is 0 Å². The summed E-state index contributed by atoms with van der Waals surface area (Å²) in [4.78, 5) is 11.7. The largest absolute Gasteiger partial charge is 0.408 e. The van der Waals surface area contributed by atoms with Crippen molar-refractivity contribution in [3.05, 3.63) is 41.3 Å². The number of hydrogen-bond acceptors (Lipinski definition) is 5. The minimum atomic E-state index is -1.11. The van der Waals surface area contributed by atoms with E-state index in [4.69, 9.17) is 9.15 Å². The van der Waals surface area contributed by atoms with E-state index in [1.807, 2.05) is 0 Å². The molecule has 0 spiro atoms. The number of rotatable bonds is 5. The van der Waals surface area contributed by atoms with Crippen molar-refractivity contribution in [2.45, 2.75) is 6.42 Å². The zero-order valence-corrected chi connectivity index (χ0v) is 10.5. The van der Waals surface area contributed by atoms with Gasteiger partial charge in [-0.2, -0.15) is 0 Å². The van der Waals surface area contributed by atoms with E-state index in [0.29, 0.717) is 18.9 Å². The van der Waals surface area contributed by atoms with E-state index in [1.165, 1.54) is 7.11 Å². The van der Waals surface area contributed by atoms with Crippen molar-refractivity contribution < 1.29 is 22.7 Å². The van der Waals surface area contributed by atoms with Crippen LogP contribution in [0.2, 0.25) is 0 Å².